The van der Waals surface area contributed by atoms with Crippen LogP contribution in [0.5, 0.6) is 0 Å². The SMILES string of the molecule is COC(=O)c1cccnc1N(C)C1CCCNC1. The molecular formula is C13H19N3O2. The Morgan fingerprint density at radius 1 is 1.61 bits per heavy atom. The quantitative estimate of drug-likeness (QED) is 0.812. The number of pyridine rings is 1. The van der Waals surface area contributed by atoms with Gasteiger partial charge in [0, 0.05) is 25.8 Å². The first kappa shape index (κ1) is 12.8. The number of anilines is 1. The van der Waals surface area contributed by atoms with Crippen molar-refractivity contribution in [2.24, 2.45) is 0 Å². The van der Waals surface area contributed by atoms with E-state index < -0.39 is 0 Å². The molecular weight excluding hydrogens is 230 g/mol. The van der Waals surface area contributed by atoms with Crippen LogP contribution in [0.15, 0.2) is 18.3 Å². The number of aromatic nitrogens is 1. The third-order valence-electron chi connectivity index (χ3n) is 3.34. The third-order valence-corrected chi connectivity index (χ3v) is 3.34. The van der Waals surface area contributed by atoms with E-state index in [1.807, 2.05) is 7.05 Å². The monoisotopic (exact) mass is 249 g/mol. The number of nitrogens with one attached hydrogen (secondary N) is 1. The smallest absolute Gasteiger partial charge is 0.341 e. The van der Waals surface area contributed by atoms with Gasteiger partial charge in [-0.05, 0) is 31.5 Å². The van der Waals surface area contributed by atoms with Gasteiger partial charge in [-0.2, -0.15) is 0 Å². The van der Waals surface area contributed by atoms with Crippen LogP contribution in [0.3, 0.4) is 0 Å². The lowest BCUT2D eigenvalue weighted by Gasteiger charge is -2.33. The molecule has 1 aromatic rings. The first-order chi connectivity index (χ1) is 8.74. The number of carbonyl (C=O) groups excluding carboxylic acids is 1. The molecule has 1 aromatic heterocycles. The standard InChI is InChI=1S/C13H19N3O2/c1-16(10-5-3-7-14-9-10)12-11(13(17)18-2)6-4-8-15-12/h4,6,8,10,14H,3,5,7,9H2,1-2H3. The molecule has 0 aliphatic carbocycles. The maximum absolute atomic E-state index is 11.7. The van der Waals surface area contributed by atoms with Crippen LogP contribution in [0.4, 0.5) is 5.82 Å². The van der Waals surface area contributed by atoms with E-state index in [1.165, 1.54) is 7.11 Å². The van der Waals surface area contributed by atoms with Crippen molar-refractivity contribution in [3.8, 4) is 0 Å². The molecule has 1 N–H and O–H groups in total. The van der Waals surface area contributed by atoms with Crippen LogP contribution in [0, 0.1) is 0 Å². The molecule has 2 rings (SSSR count). The average Bonchev–Trinajstić information content (AvgIpc) is 2.46. The number of rotatable bonds is 3. The Morgan fingerprint density at radius 3 is 3.11 bits per heavy atom. The van der Waals surface area contributed by atoms with Crippen LogP contribution in [-0.4, -0.2) is 44.2 Å². The summed E-state index contributed by atoms with van der Waals surface area (Å²) in [6.45, 7) is 1.99. The van der Waals surface area contributed by atoms with Gasteiger partial charge < -0.3 is 15.0 Å². The van der Waals surface area contributed by atoms with Crippen LogP contribution in [-0.2, 0) is 4.74 Å². The summed E-state index contributed by atoms with van der Waals surface area (Å²) in [5, 5.41) is 3.36. The van der Waals surface area contributed by atoms with Crippen molar-refractivity contribution in [1.82, 2.24) is 10.3 Å². The van der Waals surface area contributed by atoms with E-state index in [2.05, 4.69) is 15.2 Å². The molecule has 1 atom stereocenters. The van der Waals surface area contributed by atoms with Gasteiger partial charge >= 0.3 is 5.97 Å². The summed E-state index contributed by atoms with van der Waals surface area (Å²) in [6.07, 6.45) is 3.96. The zero-order valence-corrected chi connectivity index (χ0v) is 10.8. The van der Waals surface area contributed by atoms with Crippen molar-refractivity contribution in [3.05, 3.63) is 23.9 Å². The zero-order chi connectivity index (χ0) is 13.0. The number of piperidine rings is 1. The van der Waals surface area contributed by atoms with E-state index in [-0.39, 0.29) is 5.97 Å². The molecule has 1 unspecified atom stereocenters. The average molecular weight is 249 g/mol. The van der Waals surface area contributed by atoms with Crippen LogP contribution in [0.1, 0.15) is 23.2 Å². The van der Waals surface area contributed by atoms with Gasteiger partial charge in [0.05, 0.1) is 7.11 Å². The minimum atomic E-state index is -0.339. The molecule has 1 fully saturated rings. The molecule has 5 nitrogen and oxygen atoms in total. The van der Waals surface area contributed by atoms with Gasteiger partial charge in [0.2, 0.25) is 0 Å². The normalized spacial score (nSPS) is 19.3. The van der Waals surface area contributed by atoms with E-state index in [9.17, 15) is 4.79 Å². The van der Waals surface area contributed by atoms with Gasteiger partial charge in [0.25, 0.3) is 0 Å². The lowest BCUT2D eigenvalue weighted by atomic mass is 10.1. The van der Waals surface area contributed by atoms with E-state index in [0.29, 0.717) is 17.4 Å². The second-order valence-corrected chi connectivity index (χ2v) is 4.48. The van der Waals surface area contributed by atoms with Crippen molar-refractivity contribution in [2.45, 2.75) is 18.9 Å². The number of carbonyl (C=O) groups is 1. The van der Waals surface area contributed by atoms with Gasteiger partial charge in [-0.3, -0.25) is 0 Å². The highest BCUT2D eigenvalue weighted by molar-refractivity contribution is 5.94. The lowest BCUT2D eigenvalue weighted by Crippen LogP contribution is -2.45. The van der Waals surface area contributed by atoms with Gasteiger partial charge in [-0.25, -0.2) is 9.78 Å². The molecule has 0 amide bonds. The van der Waals surface area contributed by atoms with Gasteiger partial charge in [-0.15, -0.1) is 0 Å². The molecule has 1 aliphatic rings. The van der Waals surface area contributed by atoms with Crippen LogP contribution in [0.2, 0.25) is 0 Å². The molecule has 0 aromatic carbocycles. The van der Waals surface area contributed by atoms with Crippen molar-refractivity contribution < 1.29 is 9.53 Å². The van der Waals surface area contributed by atoms with E-state index in [1.54, 1.807) is 18.3 Å². The minimum absolute atomic E-state index is 0.339. The summed E-state index contributed by atoms with van der Waals surface area (Å²) in [5.74, 6) is 0.353. The topological polar surface area (TPSA) is 54.5 Å². The molecule has 98 valence electrons. The molecule has 5 heteroatoms. The molecule has 1 aliphatic heterocycles. The molecule has 0 spiro atoms. The number of hydrogen-bond donors (Lipinski definition) is 1. The summed E-state index contributed by atoms with van der Waals surface area (Å²) < 4.78 is 4.79. The van der Waals surface area contributed by atoms with E-state index in [4.69, 9.17) is 4.74 Å². The van der Waals surface area contributed by atoms with Crippen molar-refractivity contribution in [2.75, 3.05) is 32.1 Å². The summed E-state index contributed by atoms with van der Waals surface area (Å²) in [7, 11) is 3.37. The summed E-state index contributed by atoms with van der Waals surface area (Å²) in [5.41, 5.74) is 0.521. The lowest BCUT2D eigenvalue weighted by molar-refractivity contribution is 0.0601. The maximum atomic E-state index is 11.7. The van der Waals surface area contributed by atoms with Crippen LogP contribution in [0.25, 0.3) is 0 Å². The number of likely N-dealkylation sites (N-methyl/N-ethyl adjacent to an activating group) is 1. The Hall–Kier alpha value is -1.62. The largest absolute Gasteiger partial charge is 0.465 e. The predicted molar refractivity (Wildman–Crippen MR) is 69.9 cm³/mol. The first-order valence-electron chi connectivity index (χ1n) is 6.21. The predicted octanol–water partition coefficient (Wildman–Crippen LogP) is 1.06. The van der Waals surface area contributed by atoms with Gasteiger partial charge in [0.1, 0.15) is 11.4 Å². The Kier molecular flexibility index (Phi) is 4.15. The summed E-state index contributed by atoms with van der Waals surface area (Å²) in [6, 6.07) is 3.88. The number of nitrogens with zero attached hydrogens (tertiary/aromatic N) is 2. The van der Waals surface area contributed by atoms with Crippen molar-refractivity contribution in [3.63, 3.8) is 0 Å². The van der Waals surface area contributed by atoms with Gasteiger partial charge in [0.15, 0.2) is 0 Å². The second-order valence-electron chi connectivity index (χ2n) is 4.48. The van der Waals surface area contributed by atoms with E-state index in [0.717, 1.165) is 25.9 Å². The number of esters is 1. The highest BCUT2D eigenvalue weighted by Crippen LogP contribution is 2.21. The van der Waals surface area contributed by atoms with Crippen LogP contribution < -0.4 is 10.2 Å². The Morgan fingerprint density at radius 2 is 2.44 bits per heavy atom. The molecule has 0 bridgehead atoms. The third kappa shape index (κ3) is 2.61. The number of ether oxygens (including phenoxy) is 1. The van der Waals surface area contributed by atoms with E-state index >= 15 is 0 Å². The molecule has 2 heterocycles. The molecule has 0 radical (unpaired) electrons. The minimum Gasteiger partial charge on any atom is -0.465 e. The zero-order valence-electron chi connectivity index (χ0n) is 10.8. The Balaban J connectivity index is 2.23. The summed E-state index contributed by atoms with van der Waals surface area (Å²) in [4.78, 5) is 18.1. The second kappa shape index (κ2) is 5.82. The van der Waals surface area contributed by atoms with Crippen LogP contribution >= 0.6 is 0 Å². The van der Waals surface area contributed by atoms with Crippen molar-refractivity contribution in [1.29, 1.82) is 0 Å². The highest BCUT2D eigenvalue weighted by Gasteiger charge is 2.23. The fraction of sp³-hybridized carbons (Fsp3) is 0.538. The number of hydrogen-bond acceptors (Lipinski definition) is 5. The maximum Gasteiger partial charge on any atom is 0.341 e. The molecule has 18 heavy (non-hydrogen) atoms. The Bertz CT molecular complexity index is 416. The summed E-state index contributed by atoms with van der Waals surface area (Å²) >= 11 is 0. The first-order valence-corrected chi connectivity index (χ1v) is 6.21. The fourth-order valence-corrected chi connectivity index (χ4v) is 2.28. The van der Waals surface area contributed by atoms with Crippen molar-refractivity contribution >= 4 is 11.8 Å². The number of methoxy groups -OCH3 is 1. The fourth-order valence-electron chi connectivity index (χ4n) is 2.28. The highest BCUT2D eigenvalue weighted by atomic mass is 16.5. The molecule has 0 saturated carbocycles. The van der Waals surface area contributed by atoms with Gasteiger partial charge in [-0.1, -0.05) is 0 Å². The Labute approximate surface area is 107 Å². The molecule has 1 saturated heterocycles.